The summed E-state index contributed by atoms with van der Waals surface area (Å²) in [6.07, 6.45) is -0.443. The van der Waals surface area contributed by atoms with Crippen molar-refractivity contribution in [1.29, 1.82) is 0 Å². The Morgan fingerprint density at radius 2 is 1.92 bits per heavy atom. The topological polar surface area (TPSA) is 35.5 Å². The Morgan fingerprint density at radius 3 is 2.25 bits per heavy atom. The molecule has 0 bridgehead atoms. The lowest BCUT2D eigenvalue weighted by molar-refractivity contribution is -0.182. The summed E-state index contributed by atoms with van der Waals surface area (Å²) in [4.78, 5) is 11.2. The van der Waals surface area contributed by atoms with Crippen molar-refractivity contribution < 1.29 is 14.3 Å². The van der Waals surface area contributed by atoms with Gasteiger partial charge in [-0.15, -0.1) is 0 Å². The molecule has 1 unspecified atom stereocenters. The van der Waals surface area contributed by atoms with E-state index in [1.807, 2.05) is 27.7 Å². The van der Waals surface area contributed by atoms with Gasteiger partial charge in [0.15, 0.2) is 6.29 Å². The Balaban J connectivity index is 3.85. The van der Waals surface area contributed by atoms with Gasteiger partial charge >= 0.3 is 5.97 Å². The molecule has 0 rings (SSSR count). The molecule has 0 fully saturated rings. The first-order valence-electron chi connectivity index (χ1n) is 4.20. The molecule has 0 saturated carbocycles. The molecule has 0 radical (unpaired) electrons. The molecule has 0 aromatic rings. The average Bonchev–Trinajstić information content (AvgIpc) is 1.85. The number of esters is 1. The van der Waals surface area contributed by atoms with Crippen LogP contribution in [0, 0.1) is 5.41 Å². The van der Waals surface area contributed by atoms with Crippen molar-refractivity contribution in [3.05, 3.63) is 0 Å². The molecule has 0 aliphatic rings. The van der Waals surface area contributed by atoms with Gasteiger partial charge in [-0.2, -0.15) is 0 Å². The minimum atomic E-state index is -0.453. The van der Waals surface area contributed by atoms with Crippen molar-refractivity contribution in [3.8, 4) is 0 Å². The largest absolute Gasteiger partial charge is 0.436 e. The van der Waals surface area contributed by atoms with Crippen molar-refractivity contribution in [1.82, 2.24) is 0 Å². The van der Waals surface area contributed by atoms with E-state index < -0.39 is 11.7 Å². The van der Waals surface area contributed by atoms with Gasteiger partial charge in [-0.3, -0.25) is 4.79 Å². The van der Waals surface area contributed by atoms with Crippen molar-refractivity contribution in [2.45, 2.75) is 40.9 Å². The zero-order chi connectivity index (χ0) is 9.78. The molecule has 0 heterocycles. The predicted octanol–water partition coefficient (Wildman–Crippen LogP) is 1.96. The molecule has 0 amide bonds. The van der Waals surface area contributed by atoms with Crippen molar-refractivity contribution in [3.63, 3.8) is 0 Å². The second kappa shape index (κ2) is 4.45. The number of carbonyl (C=O) groups is 1. The third-order valence-electron chi connectivity index (χ3n) is 1.29. The summed E-state index contributed by atoms with van der Waals surface area (Å²) in [5.74, 6) is -0.233. The quantitative estimate of drug-likeness (QED) is 0.484. The molecule has 3 nitrogen and oxygen atoms in total. The second-order valence-electron chi connectivity index (χ2n) is 3.68. The number of hydrogen-bond donors (Lipinski definition) is 0. The van der Waals surface area contributed by atoms with Crippen LogP contribution in [0.2, 0.25) is 0 Å². The fourth-order valence-electron chi connectivity index (χ4n) is 0.596. The molecule has 1 atom stereocenters. The van der Waals surface area contributed by atoms with Crippen LogP contribution in [0.3, 0.4) is 0 Å². The summed E-state index contributed by atoms with van der Waals surface area (Å²) < 4.78 is 10.1. The van der Waals surface area contributed by atoms with Gasteiger partial charge in [0.1, 0.15) is 0 Å². The molecule has 0 aromatic carbocycles. The van der Waals surface area contributed by atoms with Crippen LogP contribution in [0.25, 0.3) is 0 Å². The van der Waals surface area contributed by atoms with E-state index in [9.17, 15) is 4.79 Å². The number of carbonyl (C=O) groups excluding carboxylic acids is 1. The van der Waals surface area contributed by atoms with Crippen LogP contribution in [-0.2, 0) is 14.3 Å². The Kier molecular flexibility index (Phi) is 4.24. The van der Waals surface area contributed by atoms with Gasteiger partial charge in [0.05, 0.1) is 5.41 Å². The summed E-state index contributed by atoms with van der Waals surface area (Å²) in [6.45, 7) is 9.57. The maximum Gasteiger partial charge on any atom is 0.313 e. The normalized spacial score (nSPS) is 14.1. The minimum Gasteiger partial charge on any atom is -0.436 e. The van der Waals surface area contributed by atoms with Gasteiger partial charge in [-0.05, 0) is 34.6 Å². The SMILES string of the molecule is CCOC(C)OC(=O)C(C)(C)C. The fraction of sp³-hybridized carbons (Fsp3) is 0.889. The van der Waals surface area contributed by atoms with Gasteiger partial charge in [0, 0.05) is 6.61 Å². The number of hydrogen-bond acceptors (Lipinski definition) is 3. The van der Waals surface area contributed by atoms with E-state index in [1.165, 1.54) is 0 Å². The first-order valence-corrected chi connectivity index (χ1v) is 4.20. The van der Waals surface area contributed by atoms with Crippen LogP contribution < -0.4 is 0 Å². The summed E-state index contributed by atoms with van der Waals surface area (Å²) in [6, 6.07) is 0. The van der Waals surface area contributed by atoms with Crippen LogP contribution in [0.1, 0.15) is 34.6 Å². The van der Waals surface area contributed by atoms with Gasteiger partial charge in [0.25, 0.3) is 0 Å². The Bertz CT molecular complexity index is 146. The lowest BCUT2D eigenvalue weighted by atomic mass is 9.97. The van der Waals surface area contributed by atoms with Gasteiger partial charge in [-0.1, -0.05) is 0 Å². The molecular weight excluding hydrogens is 156 g/mol. The molecule has 0 spiro atoms. The van der Waals surface area contributed by atoms with E-state index in [0.29, 0.717) is 6.61 Å². The first kappa shape index (κ1) is 11.4. The maximum atomic E-state index is 11.2. The molecule has 0 aliphatic carbocycles. The lowest BCUT2D eigenvalue weighted by Gasteiger charge is -2.20. The molecule has 0 aromatic heterocycles. The summed E-state index contributed by atoms with van der Waals surface area (Å²) in [5, 5.41) is 0. The Hall–Kier alpha value is -0.570. The van der Waals surface area contributed by atoms with E-state index in [-0.39, 0.29) is 5.97 Å². The zero-order valence-electron chi connectivity index (χ0n) is 8.51. The molecule has 0 aliphatic heterocycles. The lowest BCUT2D eigenvalue weighted by Crippen LogP contribution is -2.28. The van der Waals surface area contributed by atoms with E-state index in [4.69, 9.17) is 9.47 Å². The van der Waals surface area contributed by atoms with E-state index in [1.54, 1.807) is 6.92 Å². The molecule has 0 N–H and O–H groups in total. The van der Waals surface area contributed by atoms with Gasteiger partial charge < -0.3 is 9.47 Å². The zero-order valence-corrected chi connectivity index (χ0v) is 8.51. The standard InChI is InChI=1S/C9H18O3/c1-6-11-7(2)12-8(10)9(3,4)5/h7H,6H2,1-5H3. The summed E-state index contributed by atoms with van der Waals surface area (Å²) >= 11 is 0. The Morgan fingerprint density at radius 1 is 1.42 bits per heavy atom. The molecule has 0 saturated heterocycles. The van der Waals surface area contributed by atoms with Crippen LogP contribution in [-0.4, -0.2) is 18.9 Å². The van der Waals surface area contributed by atoms with E-state index in [0.717, 1.165) is 0 Å². The molecule has 72 valence electrons. The van der Waals surface area contributed by atoms with Gasteiger partial charge in [0.2, 0.25) is 0 Å². The van der Waals surface area contributed by atoms with E-state index >= 15 is 0 Å². The fourth-order valence-corrected chi connectivity index (χ4v) is 0.596. The van der Waals surface area contributed by atoms with Crippen LogP contribution in [0.4, 0.5) is 0 Å². The highest BCUT2D eigenvalue weighted by Crippen LogP contribution is 2.16. The highest BCUT2D eigenvalue weighted by atomic mass is 16.7. The third-order valence-corrected chi connectivity index (χ3v) is 1.29. The van der Waals surface area contributed by atoms with Crippen LogP contribution in [0.5, 0.6) is 0 Å². The predicted molar refractivity (Wildman–Crippen MR) is 46.6 cm³/mol. The third kappa shape index (κ3) is 4.34. The van der Waals surface area contributed by atoms with Gasteiger partial charge in [-0.25, -0.2) is 0 Å². The van der Waals surface area contributed by atoms with Crippen molar-refractivity contribution in [2.24, 2.45) is 5.41 Å². The monoisotopic (exact) mass is 174 g/mol. The highest BCUT2D eigenvalue weighted by Gasteiger charge is 2.24. The molecule has 3 heteroatoms. The smallest absolute Gasteiger partial charge is 0.313 e. The van der Waals surface area contributed by atoms with Crippen molar-refractivity contribution >= 4 is 5.97 Å². The molecular formula is C9H18O3. The first-order chi connectivity index (χ1) is 5.38. The summed E-state index contributed by atoms with van der Waals surface area (Å²) in [7, 11) is 0. The maximum absolute atomic E-state index is 11.2. The van der Waals surface area contributed by atoms with Crippen LogP contribution in [0.15, 0.2) is 0 Å². The average molecular weight is 174 g/mol. The number of rotatable bonds is 3. The van der Waals surface area contributed by atoms with Crippen molar-refractivity contribution in [2.75, 3.05) is 6.61 Å². The molecule has 12 heavy (non-hydrogen) atoms. The number of ether oxygens (including phenoxy) is 2. The van der Waals surface area contributed by atoms with E-state index in [2.05, 4.69) is 0 Å². The second-order valence-corrected chi connectivity index (χ2v) is 3.68. The highest BCUT2D eigenvalue weighted by molar-refractivity contribution is 5.75. The van der Waals surface area contributed by atoms with Crippen LogP contribution >= 0.6 is 0 Å². The summed E-state index contributed by atoms with van der Waals surface area (Å²) in [5.41, 5.74) is -0.453. The minimum absolute atomic E-state index is 0.233. The Labute approximate surface area is 74.0 Å².